The molecule has 0 saturated heterocycles. The van der Waals surface area contributed by atoms with Crippen molar-refractivity contribution >= 4 is 56.8 Å². The molecule has 0 spiro atoms. The lowest BCUT2D eigenvalue weighted by atomic mass is 10.1. The number of halogens is 3. The minimum atomic E-state index is -4.37. The van der Waals surface area contributed by atoms with Gasteiger partial charge in [0, 0.05) is 5.02 Å². The number of hydrogen-bond acceptors (Lipinski definition) is 4. The van der Waals surface area contributed by atoms with Crippen LogP contribution in [0.25, 0.3) is 0 Å². The van der Waals surface area contributed by atoms with E-state index in [0.717, 1.165) is 12.1 Å². The zero-order valence-electron chi connectivity index (χ0n) is 13.3. The Labute approximate surface area is 169 Å². The zero-order valence-corrected chi connectivity index (χ0v) is 16.4. The summed E-state index contributed by atoms with van der Waals surface area (Å²) in [6, 6.07) is 6.60. The second kappa shape index (κ2) is 8.45. The Hall–Kier alpha value is -1.84. The molecule has 0 aliphatic rings. The van der Waals surface area contributed by atoms with Gasteiger partial charge in [0.25, 0.3) is 0 Å². The van der Waals surface area contributed by atoms with Crippen molar-refractivity contribution in [2.75, 3.05) is 0 Å². The van der Waals surface area contributed by atoms with E-state index in [4.69, 9.17) is 45.0 Å². The summed E-state index contributed by atoms with van der Waals surface area (Å²) in [6.45, 7) is 0. The van der Waals surface area contributed by atoms with Gasteiger partial charge < -0.3 is 10.2 Å². The van der Waals surface area contributed by atoms with Crippen LogP contribution in [0.15, 0.2) is 41.3 Å². The molecule has 0 amide bonds. The maximum atomic E-state index is 12.7. The number of carboxylic acid groups (broad SMARTS) is 2. The minimum absolute atomic E-state index is 0.230. The number of sulfonamides is 1. The van der Waals surface area contributed by atoms with Gasteiger partial charge in [0.05, 0.1) is 28.1 Å². The quantitative estimate of drug-likeness (QED) is 0.587. The van der Waals surface area contributed by atoms with Crippen LogP contribution in [0.2, 0.25) is 15.1 Å². The molecule has 27 heavy (non-hydrogen) atoms. The smallest absolute Gasteiger partial charge is 0.337 e. The first-order valence-electron chi connectivity index (χ1n) is 7.23. The fourth-order valence-electron chi connectivity index (χ4n) is 2.25. The van der Waals surface area contributed by atoms with Crippen LogP contribution >= 0.6 is 34.8 Å². The molecule has 0 radical (unpaired) electrons. The standard InChI is InChI=1S/C16H12Cl3NO6S/c17-9-3-1-8(2-4-9)13(7-15(21)22)20-27(25,26)14-5-10(16(23)24)11(18)6-12(14)19/h1-6,13,20H,7H2,(H,21,22)(H,23,24)/t13-/m1/s1. The first-order chi connectivity index (χ1) is 12.5. The van der Waals surface area contributed by atoms with Gasteiger partial charge in [0.2, 0.25) is 10.0 Å². The van der Waals surface area contributed by atoms with Crippen LogP contribution in [0.5, 0.6) is 0 Å². The number of hydrogen-bond donors (Lipinski definition) is 3. The summed E-state index contributed by atoms with van der Waals surface area (Å²) in [4.78, 5) is 21.8. The predicted molar refractivity (Wildman–Crippen MR) is 100 cm³/mol. The molecular weight excluding hydrogens is 441 g/mol. The predicted octanol–water partition coefficient (Wildman–Crippen LogP) is 3.84. The van der Waals surface area contributed by atoms with Crippen LogP contribution in [-0.4, -0.2) is 30.6 Å². The molecule has 144 valence electrons. The molecule has 0 aliphatic carbocycles. The number of rotatable bonds is 7. The van der Waals surface area contributed by atoms with Gasteiger partial charge in [-0.05, 0) is 29.8 Å². The molecule has 7 nitrogen and oxygen atoms in total. The molecule has 2 rings (SSSR count). The fourth-order valence-corrected chi connectivity index (χ4v) is 4.45. The summed E-state index contributed by atoms with van der Waals surface area (Å²) in [6.07, 6.45) is -0.558. The molecule has 0 aliphatic heterocycles. The molecular formula is C16H12Cl3NO6S. The average Bonchev–Trinajstić information content (AvgIpc) is 2.53. The Kier molecular flexibility index (Phi) is 6.72. The first-order valence-corrected chi connectivity index (χ1v) is 9.85. The zero-order chi connectivity index (χ0) is 20.4. The van der Waals surface area contributed by atoms with Gasteiger partial charge >= 0.3 is 11.9 Å². The third-order valence-corrected chi connectivity index (χ3v) is 5.99. The van der Waals surface area contributed by atoms with Crippen molar-refractivity contribution in [3.8, 4) is 0 Å². The lowest BCUT2D eigenvalue weighted by Crippen LogP contribution is -2.30. The SMILES string of the molecule is O=C(O)C[C@@H](NS(=O)(=O)c1cc(C(=O)O)c(Cl)cc1Cl)c1ccc(Cl)cc1. The average molecular weight is 453 g/mol. The Balaban J connectivity index is 2.47. The van der Waals surface area contributed by atoms with Crippen molar-refractivity contribution in [3.05, 3.63) is 62.6 Å². The molecule has 2 aromatic rings. The summed E-state index contributed by atoms with van der Waals surface area (Å²) >= 11 is 17.5. The van der Waals surface area contributed by atoms with Gasteiger partial charge in [-0.2, -0.15) is 0 Å². The summed E-state index contributed by atoms with van der Waals surface area (Å²) in [7, 11) is -4.37. The molecule has 0 bridgehead atoms. The molecule has 11 heteroatoms. The van der Waals surface area contributed by atoms with Gasteiger partial charge in [-0.3, -0.25) is 4.79 Å². The maximum absolute atomic E-state index is 12.7. The highest BCUT2D eigenvalue weighted by Gasteiger charge is 2.27. The fraction of sp³-hybridized carbons (Fsp3) is 0.125. The van der Waals surface area contributed by atoms with E-state index < -0.39 is 44.9 Å². The third kappa shape index (κ3) is 5.33. The second-order valence-electron chi connectivity index (χ2n) is 5.39. The summed E-state index contributed by atoms with van der Waals surface area (Å²) in [5.41, 5.74) is -0.100. The molecule has 0 unspecified atom stereocenters. The van der Waals surface area contributed by atoms with Crippen molar-refractivity contribution < 1.29 is 28.2 Å². The van der Waals surface area contributed by atoms with E-state index in [1.807, 2.05) is 0 Å². The van der Waals surface area contributed by atoms with E-state index in [2.05, 4.69) is 4.72 Å². The van der Waals surface area contributed by atoms with E-state index in [-0.39, 0.29) is 10.0 Å². The number of benzene rings is 2. The number of aromatic carboxylic acids is 1. The Morgan fingerprint density at radius 2 is 1.59 bits per heavy atom. The van der Waals surface area contributed by atoms with Crippen LogP contribution in [0.4, 0.5) is 0 Å². The monoisotopic (exact) mass is 451 g/mol. The van der Waals surface area contributed by atoms with Crippen LogP contribution < -0.4 is 4.72 Å². The van der Waals surface area contributed by atoms with Crippen LogP contribution in [-0.2, 0) is 14.8 Å². The second-order valence-corrected chi connectivity index (χ2v) is 8.32. The van der Waals surface area contributed by atoms with Gasteiger partial charge in [-0.15, -0.1) is 0 Å². The third-order valence-electron chi connectivity index (χ3n) is 3.49. The maximum Gasteiger partial charge on any atom is 0.337 e. The van der Waals surface area contributed by atoms with Crippen molar-refractivity contribution in [2.45, 2.75) is 17.4 Å². The van der Waals surface area contributed by atoms with E-state index >= 15 is 0 Å². The van der Waals surface area contributed by atoms with Crippen LogP contribution in [0.1, 0.15) is 28.4 Å². The lowest BCUT2D eigenvalue weighted by molar-refractivity contribution is -0.137. The van der Waals surface area contributed by atoms with E-state index in [1.54, 1.807) is 0 Å². The molecule has 2 aromatic carbocycles. The Morgan fingerprint density at radius 3 is 2.11 bits per heavy atom. The molecule has 3 N–H and O–H groups in total. The summed E-state index contributed by atoms with van der Waals surface area (Å²) in [5, 5.41) is 18.1. The molecule has 0 aromatic heterocycles. The van der Waals surface area contributed by atoms with Gasteiger partial charge in [-0.25, -0.2) is 17.9 Å². The number of carboxylic acids is 2. The van der Waals surface area contributed by atoms with Crippen LogP contribution in [0.3, 0.4) is 0 Å². The number of carbonyl (C=O) groups is 2. The lowest BCUT2D eigenvalue weighted by Gasteiger charge is -2.18. The van der Waals surface area contributed by atoms with E-state index in [1.165, 1.54) is 24.3 Å². The largest absolute Gasteiger partial charge is 0.481 e. The van der Waals surface area contributed by atoms with Gasteiger partial charge in [-0.1, -0.05) is 46.9 Å². The van der Waals surface area contributed by atoms with Gasteiger partial charge in [0.15, 0.2) is 0 Å². The number of aliphatic carboxylic acids is 1. The topological polar surface area (TPSA) is 121 Å². The van der Waals surface area contributed by atoms with Crippen molar-refractivity contribution in [1.29, 1.82) is 0 Å². The molecule has 0 saturated carbocycles. The van der Waals surface area contributed by atoms with Crippen molar-refractivity contribution in [1.82, 2.24) is 4.72 Å². The van der Waals surface area contributed by atoms with Crippen LogP contribution in [0, 0.1) is 0 Å². The summed E-state index contributed by atoms with van der Waals surface area (Å²) < 4.78 is 27.7. The van der Waals surface area contributed by atoms with Crippen molar-refractivity contribution in [2.24, 2.45) is 0 Å². The molecule has 1 atom stereocenters. The van der Waals surface area contributed by atoms with E-state index in [9.17, 15) is 18.0 Å². The Morgan fingerprint density at radius 1 is 1.00 bits per heavy atom. The molecule has 0 heterocycles. The highest BCUT2D eigenvalue weighted by molar-refractivity contribution is 7.89. The van der Waals surface area contributed by atoms with Crippen molar-refractivity contribution in [3.63, 3.8) is 0 Å². The summed E-state index contributed by atoms with van der Waals surface area (Å²) in [5.74, 6) is -2.68. The van der Waals surface area contributed by atoms with E-state index in [0.29, 0.717) is 10.6 Å². The van der Waals surface area contributed by atoms with Gasteiger partial charge in [0.1, 0.15) is 4.90 Å². The highest BCUT2D eigenvalue weighted by atomic mass is 35.5. The highest BCUT2D eigenvalue weighted by Crippen LogP contribution is 2.30. The number of nitrogens with one attached hydrogen (secondary N) is 1. The molecule has 0 fully saturated rings. The first kappa shape index (κ1) is 21.5. The normalized spacial score (nSPS) is 12.6. The Bertz CT molecular complexity index is 992. The minimum Gasteiger partial charge on any atom is -0.481 e.